The van der Waals surface area contributed by atoms with Gasteiger partial charge in [-0.05, 0) is 68.9 Å². The molecule has 4 rings (SSSR count). The zero-order valence-corrected chi connectivity index (χ0v) is 16.7. The fraction of sp³-hybridized carbons (Fsp3) is 0.348. The van der Waals surface area contributed by atoms with E-state index in [-0.39, 0.29) is 5.91 Å². The topological polar surface area (TPSA) is 70.2 Å². The van der Waals surface area contributed by atoms with Crippen LogP contribution in [-0.2, 0) is 5.41 Å². The third-order valence-corrected chi connectivity index (χ3v) is 5.50. The number of fused-ring (bicyclic) bond motifs is 1. The maximum absolute atomic E-state index is 12.6. The van der Waals surface area contributed by atoms with Gasteiger partial charge in [0.25, 0.3) is 5.91 Å². The second-order valence-corrected chi connectivity index (χ2v) is 8.28. The molecule has 1 saturated carbocycles. The lowest BCUT2D eigenvalue weighted by atomic mass is 9.87. The number of pyridine rings is 1. The first-order valence-electron chi connectivity index (χ1n) is 9.62. The first-order valence-corrected chi connectivity index (χ1v) is 9.62. The summed E-state index contributed by atoms with van der Waals surface area (Å²) in [5.74, 6) is 0.0206. The van der Waals surface area contributed by atoms with Gasteiger partial charge >= 0.3 is 0 Å². The van der Waals surface area contributed by atoms with Gasteiger partial charge in [0.1, 0.15) is 0 Å². The summed E-state index contributed by atoms with van der Waals surface area (Å²) in [6, 6.07) is 10.8. The third-order valence-electron chi connectivity index (χ3n) is 5.50. The molecule has 0 atom stereocenters. The van der Waals surface area contributed by atoms with Crippen LogP contribution < -0.4 is 5.32 Å². The SMILES string of the molecule is Cc1cc(-c2cnn3cc(C(C)(C)C#N)ccc23)cc(C)c1C(=O)NC1CC1. The minimum absolute atomic E-state index is 0.0206. The monoisotopic (exact) mass is 372 g/mol. The number of amides is 1. The number of hydrogen-bond acceptors (Lipinski definition) is 3. The van der Waals surface area contributed by atoms with Crippen molar-refractivity contribution < 1.29 is 4.79 Å². The smallest absolute Gasteiger partial charge is 0.252 e. The summed E-state index contributed by atoms with van der Waals surface area (Å²) in [5, 5.41) is 17.0. The second kappa shape index (κ2) is 6.49. The van der Waals surface area contributed by atoms with Gasteiger partial charge in [0.2, 0.25) is 0 Å². The Morgan fingerprint density at radius 1 is 1.25 bits per heavy atom. The average molecular weight is 372 g/mol. The Bertz CT molecular complexity index is 1110. The first-order chi connectivity index (χ1) is 13.3. The van der Waals surface area contributed by atoms with E-state index < -0.39 is 5.41 Å². The van der Waals surface area contributed by atoms with Crippen LogP contribution in [0.3, 0.4) is 0 Å². The van der Waals surface area contributed by atoms with Crippen LogP contribution in [0.5, 0.6) is 0 Å². The number of hydrogen-bond donors (Lipinski definition) is 1. The van der Waals surface area contributed by atoms with Gasteiger partial charge in [-0.15, -0.1) is 0 Å². The van der Waals surface area contributed by atoms with Crippen LogP contribution in [0.15, 0.2) is 36.7 Å². The minimum atomic E-state index is -0.565. The third kappa shape index (κ3) is 3.16. The molecule has 0 radical (unpaired) electrons. The number of nitriles is 1. The molecular weight excluding hydrogens is 348 g/mol. The number of carbonyl (C=O) groups is 1. The molecule has 1 N–H and O–H groups in total. The van der Waals surface area contributed by atoms with Gasteiger partial charge in [0, 0.05) is 23.4 Å². The van der Waals surface area contributed by atoms with E-state index in [0.29, 0.717) is 6.04 Å². The molecule has 1 aromatic carbocycles. The minimum Gasteiger partial charge on any atom is -0.349 e. The number of rotatable bonds is 4. The zero-order chi connectivity index (χ0) is 20.1. The maximum Gasteiger partial charge on any atom is 0.252 e. The molecule has 28 heavy (non-hydrogen) atoms. The Morgan fingerprint density at radius 3 is 2.54 bits per heavy atom. The van der Waals surface area contributed by atoms with Crippen molar-refractivity contribution in [2.45, 2.75) is 52.0 Å². The molecule has 1 aliphatic carbocycles. The molecule has 1 fully saturated rings. The number of carbonyl (C=O) groups excluding carboxylic acids is 1. The van der Waals surface area contributed by atoms with E-state index >= 15 is 0 Å². The lowest BCUT2D eigenvalue weighted by molar-refractivity contribution is 0.0950. The Balaban J connectivity index is 1.74. The number of aromatic nitrogens is 2. The fourth-order valence-electron chi connectivity index (χ4n) is 3.60. The molecule has 0 aliphatic heterocycles. The molecule has 142 valence electrons. The quantitative estimate of drug-likeness (QED) is 0.742. The molecule has 3 aromatic rings. The highest BCUT2D eigenvalue weighted by molar-refractivity contribution is 5.98. The molecule has 1 amide bonds. The van der Waals surface area contributed by atoms with Crippen molar-refractivity contribution in [3.05, 3.63) is 58.9 Å². The van der Waals surface area contributed by atoms with Gasteiger partial charge in [0.05, 0.1) is 23.2 Å². The van der Waals surface area contributed by atoms with Gasteiger partial charge in [-0.25, -0.2) is 4.52 Å². The molecule has 5 nitrogen and oxygen atoms in total. The molecule has 0 unspecified atom stereocenters. The molecule has 5 heteroatoms. The predicted octanol–water partition coefficient (Wildman–Crippen LogP) is 4.31. The Kier molecular flexibility index (Phi) is 4.23. The van der Waals surface area contributed by atoms with Crippen LogP contribution in [0, 0.1) is 25.2 Å². The van der Waals surface area contributed by atoms with Crippen LogP contribution >= 0.6 is 0 Å². The van der Waals surface area contributed by atoms with E-state index in [1.165, 1.54) is 0 Å². The van der Waals surface area contributed by atoms with E-state index in [1.807, 2.05) is 56.7 Å². The van der Waals surface area contributed by atoms with Crippen molar-refractivity contribution in [3.63, 3.8) is 0 Å². The summed E-state index contributed by atoms with van der Waals surface area (Å²) >= 11 is 0. The van der Waals surface area contributed by atoms with Crippen molar-refractivity contribution in [2.75, 3.05) is 0 Å². The van der Waals surface area contributed by atoms with Crippen molar-refractivity contribution in [1.82, 2.24) is 14.9 Å². The van der Waals surface area contributed by atoms with Crippen LogP contribution in [0.2, 0.25) is 0 Å². The molecule has 1 aliphatic rings. The Labute approximate surface area is 165 Å². The summed E-state index contributed by atoms with van der Waals surface area (Å²) in [6.07, 6.45) is 5.92. The highest BCUT2D eigenvalue weighted by Crippen LogP contribution is 2.31. The second-order valence-electron chi connectivity index (χ2n) is 8.28. The van der Waals surface area contributed by atoms with Gasteiger partial charge in [-0.1, -0.05) is 18.2 Å². The van der Waals surface area contributed by atoms with E-state index in [4.69, 9.17) is 0 Å². The highest BCUT2D eigenvalue weighted by atomic mass is 16.1. The first kappa shape index (κ1) is 18.2. The molecular formula is C23H24N4O. The summed E-state index contributed by atoms with van der Waals surface area (Å²) in [7, 11) is 0. The largest absolute Gasteiger partial charge is 0.349 e. The van der Waals surface area contributed by atoms with Gasteiger partial charge in [-0.2, -0.15) is 10.4 Å². The van der Waals surface area contributed by atoms with E-state index in [2.05, 4.69) is 28.6 Å². The van der Waals surface area contributed by atoms with E-state index in [9.17, 15) is 10.1 Å². The van der Waals surface area contributed by atoms with Gasteiger partial charge in [0.15, 0.2) is 0 Å². The van der Waals surface area contributed by atoms with Gasteiger partial charge < -0.3 is 5.32 Å². The van der Waals surface area contributed by atoms with Crippen LogP contribution in [-0.4, -0.2) is 21.6 Å². The fourth-order valence-corrected chi connectivity index (χ4v) is 3.60. The molecule has 0 bridgehead atoms. The van der Waals surface area contributed by atoms with Crippen LogP contribution in [0.25, 0.3) is 16.6 Å². The number of benzene rings is 1. The van der Waals surface area contributed by atoms with Crippen molar-refractivity contribution >= 4 is 11.4 Å². The predicted molar refractivity (Wildman–Crippen MR) is 109 cm³/mol. The number of nitrogens with zero attached hydrogens (tertiary/aromatic N) is 3. The molecule has 2 heterocycles. The molecule has 2 aromatic heterocycles. The normalized spacial score (nSPS) is 14.1. The van der Waals surface area contributed by atoms with E-state index in [1.54, 1.807) is 0 Å². The highest BCUT2D eigenvalue weighted by Gasteiger charge is 2.25. The number of nitrogens with one attached hydrogen (secondary N) is 1. The Hall–Kier alpha value is -3.13. The summed E-state index contributed by atoms with van der Waals surface area (Å²) in [6.45, 7) is 7.77. The van der Waals surface area contributed by atoms with Gasteiger partial charge in [-0.3, -0.25) is 4.79 Å². The standard InChI is InChI=1S/C23H24N4O/c1-14-9-16(10-15(2)21(14)22(28)26-18-6-7-18)19-11-25-27-12-17(5-8-20(19)27)23(3,4)13-24/h5,8-12,18H,6-7H2,1-4H3,(H,26,28). The lowest BCUT2D eigenvalue weighted by Crippen LogP contribution is -2.26. The average Bonchev–Trinajstić information content (AvgIpc) is 3.35. The molecule has 0 spiro atoms. The van der Waals surface area contributed by atoms with E-state index in [0.717, 1.165) is 51.7 Å². The summed E-state index contributed by atoms with van der Waals surface area (Å²) in [4.78, 5) is 12.6. The Morgan fingerprint density at radius 2 is 1.93 bits per heavy atom. The maximum atomic E-state index is 12.6. The van der Waals surface area contributed by atoms with Crippen LogP contribution in [0.4, 0.5) is 0 Å². The molecule has 0 saturated heterocycles. The lowest BCUT2D eigenvalue weighted by Gasteiger charge is -2.16. The van der Waals surface area contributed by atoms with Crippen molar-refractivity contribution in [1.29, 1.82) is 5.26 Å². The van der Waals surface area contributed by atoms with Crippen LogP contribution in [0.1, 0.15) is 53.7 Å². The number of aryl methyl sites for hydroxylation is 2. The zero-order valence-electron chi connectivity index (χ0n) is 16.7. The summed E-state index contributed by atoms with van der Waals surface area (Å²) < 4.78 is 1.82. The van der Waals surface area contributed by atoms with Crippen molar-refractivity contribution in [2.24, 2.45) is 0 Å². The summed E-state index contributed by atoms with van der Waals surface area (Å²) in [5.41, 5.74) is 6.10. The van der Waals surface area contributed by atoms with Crippen molar-refractivity contribution in [3.8, 4) is 17.2 Å².